The zero-order chi connectivity index (χ0) is 17.1. The largest absolute Gasteiger partial charge is 0.454 e. The summed E-state index contributed by atoms with van der Waals surface area (Å²) in [5, 5.41) is 5.70. The van der Waals surface area contributed by atoms with Crippen molar-refractivity contribution < 1.29 is 19.1 Å². The van der Waals surface area contributed by atoms with Crippen molar-refractivity contribution in [1.82, 2.24) is 5.32 Å². The van der Waals surface area contributed by atoms with Crippen molar-refractivity contribution in [3.8, 4) is 11.5 Å². The van der Waals surface area contributed by atoms with E-state index >= 15 is 0 Å². The summed E-state index contributed by atoms with van der Waals surface area (Å²) in [6.45, 7) is 2.20. The van der Waals surface area contributed by atoms with Gasteiger partial charge in [0.05, 0.1) is 0 Å². The molecule has 24 heavy (non-hydrogen) atoms. The Morgan fingerprint density at radius 1 is 1.08 bits per heavy atom. The summed E-state index contributed by atoms with van der Waals surface area (Å²) >= 11 is 5.86. The minimum Gasteiger partial charge on any atom is -0.454 e. The third kappa shape index (κ3) is 3.60. The molecule has 0 radical (unpaired) electrons. The predicted octanol–water partition coefficient (Wildman–Crippen LogP) is 2.63. The fourth-order valence-electron chi connectivity index (χ4n) is 2.26. The number of carbonyl (C=O) groups excluding carboxylic acids is 2. The Hall–Kier alpha value is -2.73. The highest BCUT2D eigenvalue weighted by Gasteiger charge is 2.16. The number of benzene rings is 2. The third-order valence-corrected chi connectivity index (χ3v) is 3.77. The van der Waals surface area contributed by atoms with Gasteiger partial charge in [0.1, 0.15) is 0 Å². The van der Waals surface area contributed by atoms with Crippen LogP contribution >= 0.6 is 11.6 Å². The molecule has 0 spiro atoms. The average Bonchev–Trinajstić information content (AvgIpc) is 3.02. The molecule has 0 fully saturated rings. The Balaban J connectivity index is 1.57. The molecule has 3 rings (SSSR count). The zero-order valence-electron chi connectivity index (χ0n) is 12.9. The highest BCUT2D eigenvalue weighted by atomic mass is 35.5. The number of hydrogen-bond donors (Lipinski definition) is 2. The van der Waals surface area contributed by atoms with E-state index in [2.05, 4.69) is 10.6 Å². The molecule has 124 valence electrons. The fraction of sp³-hybridized carbons (Fsp3) is 0.176. The van der Waals surface area contributed by atoms with Gasteiger partial charge in [0.15, 0.2) is 11.5 Å². The Morgan fingerprint density at radius 2 is 1.88 bits per heavy atom. The van der Waals surface area contributed by atoms with Crippen LogP contribution < -0.4 is 20.1 Å². The molecule has 1 heterocycles. The number of amides is 2. The molecule has 2 aromatic carbocycles. The van der Waals surface area contributed by atoms with Crippen LogP contribution in [-0.2, 0) is 16.1 Å². The number of ether oxygens (including phenoxy) is 2. The molecule has 1 aliphatic heterocycles. The monoisotopic (exact) mass is 346 g/mol. The van der Waals surface area contributed by atoms with Crippen molar-refractivity contribution in [2.45, 2.75) is 13.5 Å². The lowest BCUT2D eigenvalue weighted by atomic mass is 10.2. The minimum atomic E-state index is -0.735. The van der Waals surface area contributed by atoms with Crippen molar-refractivity contribution in [2.24, 2.45) is 0 Å². The van der Waals surface area contributed by atoms with E-state index in [9.17, 15) is 9.59 Å². The summed E-state index contributed by atoms with van der Waals surface area (Å²) in [4.78, 5) is 23.9. The second-order valence-corrected chi connectivity index (χ2v) is 5.72. The predicted molar refractivity (Wildman–Crippen MR) is 89.2 cm³/mol. The van der Waals surface area contributed by atoms with Crippen LogP contribution in [0.5, 0.6) is 11.5 Å². The first kappa shape index (κ1) is 16.1. The summed E-state index contributed by atoms with van der Waals surface area (Å²) in [5.74, 6) is -0.160. The van der Waals surface area contributed by atoms with Crippen molar-refractivity contribution in [3.63, 3.8) is 0 Å². The molecule has 0 saturated carbocycles. The van der Waals surface area contributed by atoms with E-state index in [1.54, 1.807) is 43.3 Å². The smallest absolute Gasteiger partial charge is 0.313 e. The van der Waals surface area contributed by atoms with Gasteiger partial charge in [-0.3, -0.25) is 9.59 Å². The van der Waals surface area contributed by atoms with Gasteiger partial charge in [-0.2, -0.15) is 0 Å². The average molecular weight is 347 g/mol. The van der Waals surface area contributed by atoms with Crippen molar-refractivity contribution in [3.05, 3.63) is 52.5 Å². The van der Waals surface area contributed by atoms with Gasteiger partial charge >= 0.3 is 11.8 Å². The number of aryl methyl sites for hydroxylation is 1. The molecule has 0 unspecified atom stereocenters. The molecule has 0 bridgehead atoms. The van der Waals surface area contributed by atoms with Crippen LogP contribution in [0, 0.1) is 6.92 Å². The maximum atomic E-state index is 12.0. The van der Waals surface area contributed by atoms with Crippen LogP contribution in [-0.4, -0.2) is 18.6 Å². The number of rotatable bonds is 3. The van der Waals surface area contributed by atoms with E-state index in [0.29, 0.717) is 22.2 Å². The third-order valence-electron chi connectivity index (χ3n) is 3.53. The first-order valence-corrected chi connectivity index (χ1v) is 7.64. The van der Waals surface area contributed by atoms with Gasteiger partial charge in [-0.1, -0.05) is 17.7 Å². The molecule has 0 aliphatic carbocycles. The number of fused-ring (bicyclic) bond motifs is 1. The van der Waals surface area contributed by atoms with E-state index < -0.39 is 11.8 Å². The maximum Gasteiger partial charge on any atom is 0.313 e. The second-order valence-electron chi connectivity index (χ2n) is 5.28. The van der Waals surface area contributed by atoms with Gasteiger partial charge in [0.25, 0.3) is 0 Å². The van der Waals surface area contributed by atoms with Crippen LogP contribution in [0.1, 0.15) is 11.1 Å². The number of anilines is 1. The Morgan fingerprint density at radius 3 is 2.67 bits per heavy atom. The number of hydrogen-bond acceptors (Lipinski definition) is 4. The minimum absolute atomic E-state index is 0.188. The van der Waals surface area contributed by atoms with Crippen LogP contribution in [0.25, 0.3) is 0 Å². The molecule has 2 aromatic rings. The molecule has 6 nitrogen and oxygen atoms in total. The molecule has 1 aliphatic rings. The zero-order valence-corrected chi connectivity index (χ0v) is 13.6. The normalized spacial score (nSPS) is 11.9. The van der Waals surface area contributed by atoms with E-state index in [0.717, 1.165) is 11.1 Å². The van der Waals surface area contributed by atoms with Crippen molar-refractivity contribution in [1.29, 1.82) is 0 Å². The number of carbonyl (C=O) groups is 2. The summed E-state index contributed by atoms with van der Waals surface area (Å²) in [5.41, 5.74) is 2.13. The quantitative estimate of drug-likeness (QED) is 0.838. The number of nitrogens with one attached hydrogen (secondary N) is 2. The van der Waals surface area contributed by atoms with Crippen LogP contribution in [0.15, 0.2) is 36.4 Å². The molecule has 0 aromatic heterocycles. The molecule has 2 amide bonds. The maximum absolute atomic E-state index is 12.0. The summed E-state index contributed by atoms with van der Waals surface area (Å²) in [7, 11) is 0. The molecule has 0 atom stereocenters. The first-order valence-electron chi connectivity index (χ1n) is 7.27. The van der Waals surface area contributed by atoms with E-state index in [1.165, 1.54) is 0 Å². The highest BCUT2D eigenvalue weighted by Crippen LogP contribution is 2.32. The van der Waals surface area contributed by atoms with Crippen molar-refractivity contribution in [2.75, 3.05) is 12.1 Å². The second kappa shape index (κ2) is 6.80. The number of halogens is 1. The van der Waals surface area contributed by atoms with Gasteiger partial charge in [0, 0.05) is 17.3 Å². The lowest BCUT2D eigenvalue weighted by Crippen LogP contribution is -2.35. The van der Waals surface area contributed by atoms with Gasteiger partial charge < -0.3 is 20.1 Å². The molecular weight excluding hydrogens is 332 g/mol. The van der Waals surface area contributed by atoms with Crippen LogP contribution in [0.3, 0.4) is 0 Å². The molecule has 7 heteroatoms. The molecular formula is C17H15ClN2O4. The van der Waals surface area contributed by atoms with E-state index in [1.807, 2.05) is 0 Å². The Bertz CT molecular complexity index is 807. The van der Waals surface area contributed by atoms with Crippen LogP contribution in [0.4, 0.5) is 5.69 Å². The summed E-state index contributed by atoms with van der Waals surface area (Å²) in [6.07, 6.45) is 0. The van der Waals surface area contributed by atoms with Gasteiger partial charge in [0.2, 0.25) is 6.79 Å². The lowest BCUT2D eigenvalue weighted by Gasteiger charge is -2.09. The van der Waals surface area contributed by atoms with Gasteiger partial charge in [-0.25, -0.2) is 0 Å². The van der Waals surface area contributed by atoms with Crippen molar-refractivity contribution >= 4 is 29.1 Å². The summed E-state index contributed by atoms with van der Waals surface area (Å²) < 4.78 is 10.5. The van der Waals surface area contributed by atoms with E-state index in [-0.39, 0.29) is 13.3 Å². The molecule has 0 saturated heterocycles. The fourth-order valence-corrected chi connectivity index (χ4v) is 2.49. The lowest BCUT2D eigenvalue weighted by molar-refractivity contribution is -0.136. The Kier molecular flexibility index (Phi) is 4.57. The highest BCUT2D eigenvalue weighted by molar-refractivity contribution is 6.39. The van der Waals surface area contributed by atoms with Gasteiger partial charge in [-0.05, 0) is 48.4 Å². The standard InChI is InChI=1S/C17H15ClN2O4/c1-10-6-12(18)3-4-13(10)20-17(22)16(21)19-8-11-2-5-14-15(7-11)24-9-23-14/h2-7H,8-9H2,1H3,(H,19,21)(H,20,22). The summed E-state index contributed by atoms with van der Waals surface area (Å²) in [6, 6.07) is 10.3. The Labute approximate surface area is 143 Å². The van der Waals surface area contributed by atoms with E-state index in [4.69, 9.17) is 21.1 Å². The first-order chi connectivity index (χ1) is 11.5. The molecule has 2 N–H and O–H groups in total. The van der Waals surface area contributed by atoms with Crippen LogP contribution in [0.2, 0.25) is 5.02 Å². The topological polar surface area (TPSA) is 76.7 Å². The SMILES string of the molecule is Cc1cc(Cl)ccc1NC(=O)C(=O)NCc1ccc2c(c1)OCO2. The van der Waals surface area contributed by atoms with Gasteiger partial charge in [-0.15, -0.1) is 0 Å².